The van der Waals surface area contributed by atoms with Gasteiger partial charge in [0, 0.05) is 6.92 Å². The van der Waals surface area contributed by atoms with Crippen LogP contribution in [0.1, 0.15) is 18.2 Å². The van der Waals surface area contributed by atoms with Crippen molar-refractivity contribution < 1.29 is 9.53 Å². The van der Waals surface area contributed by atoms with Crippen LogP contribution in [0.15, 0.2) is 30.3 Å². The first-order valence-corrected chi connectivity index (χ1v) is 8.71. The molecular weight excluding hydrogens is 204 g/mol. The third-order valence-electron chi connectivity index (χ3n) is 2.17. The van der Waals surface area contributed by atoms with E-state index in [-0.39, 0.29) is 11.7 Å². The molecule has 1 aromatic carbocycles. The van der Waals surface area contributed by atoms with Gasteiger partial charge in [0.1, 0.15) is 5.73 Å². The Labute approximate surface area is 92.3 Å². The fraction of sp³-hybridized carbons (Fsp3) is 0.417. The quantitative estimate of drug-likeness (QED) is 0.580. The fourth-order valence-electron chi connectivity index (χ4n) is 1.54. The zero-order chi connectivity index (χ0) is 11.5. The van der Waals surface area contributed by atoms with E-state index in [9.17, 15) is 4.79 Å². The zero-order valence-corrected chi connectivity index (χ0v) is 10.8. The summed E-state index contributed by atoms with van der Waals surface area (Å²) in [4.78, 5) is 11.1. The second-order valence-corrected chi connectivity index (χ2v) is 10.0. The molecule has 1 atom stereocenters. The largest absolute Gasteiger partial charge is 0.462 e. The SMILES string of the molecule is CC(=O)OC(c1ccccc1)[Si](C)(C)C. The Balaban J connectivity index is 2.97. The Morgan fingerprint density at radius 3 is 2.13 bits per heavy atom. The van der Waals surface area contributed by atoms with Gasteiger partial charge in [-0.3, -0.25) is 4.79 Å². The predicted molar refractivity (Wildman–Crippen MR) is 64.3 cm³/mol. The maximum atomic E-state index is 11.1. The van der Waals surface area contributed by atoms with Gasteiger partial charge < -0.3 is 4.74 Å². The minimum Gasteiger partial charge on any atom is -0.462 e. The van der Waals surface area contributed by atoms with Crippen LogP contribution in [0, 0.1) is 0 Å². The van der Waals surface area contributed by atoms with Crippen LogP contribution in [0.4, 0.5) is 0 Å². The number of hydrogen-bond donors (Lipinski definition) is 0. The highest BCUT2D eigenvalue weighted by Crippen LogP contribution is 2.28. The first kappa shape index (κ1) is 12.0. The third-order valence-corrected chi connectivity index (χ3v) is 4.20. The maximum absolute atomic E-state index is 11.1. The summed E-state index contributed by atoms with van der Waals surface area (Å²) in [6.45, 7) is 8.07. The van der Waals surface area contributed by atoms with Crippen molar-refractivity contribution in [3.05, 3.63) is 35.9 Å². The Kier molecular flexibility index (Phi) is 3.69. The van der Waals surface area contributed by atoms with Crippen molar-refractivity contribution in [2.75, 3.05) is 0 Å². The number of ether oxygens (including phenoxy) is 1. The molecule has 15 heavy (non-hydrogen) atoms. The molecule has 0 amide bonds. The van der Waals surface area contributed by atoms with Crippen LogP contribution in [0.25, 0.3) is 0 Å². The van der Waals surface area contributed by atoms with E-state index in [1.807, 2.05) is 30.3 Å². The lowest BCUT2D eigenvalue weighted by Crippen LogP contribution is -2.34. The predicted octanol–water partition coefficient (Wildman–Crippen LogP) is 3.17. The molecule has 0 aliphatic rings. The molecule has 1 rings (SSSR count). The van der Waals surface area contributed by atoms with Crippen LogP contribution in [0.3, 0.4) is 0 Å². The van der Waals surface area contributed by atoms with Gasteiger partial charge in [-0.25, -0.2) is 0 Å². The Morgan fingerprint density at radius 1 is 1.20 bits per heavy atom. The van der Waals surface area contributed by atoms with Crippen LogP contribution in [0.2, 0.25) is 19.6 Å². The Hall–Kier alpha value is -1.09. The number of hydrogen-bond acceptors (Lipinski definition) is 2. The normalized spacial score (nSPS) is 13.3. The molecule has 2 nitrogen and oxygen atoms in total. The summed E-state index contributed by atoms with van der Waals surface area (Å²) >= 11 is 0. The number of rotatable bonds is 3. The topological polar surface area (TPSA) is 26.3 Å². The molecule has 1 aromatic rings. The highest BCUT2D eigenvalue weighted by molar-refractivity contribution is 6.77. The summed E-state index contributed by atoms with van der Waals surface area (Å²) in [6, 6.07) is 9.97. The fourth-order valence-corrected chi connectivity index (χ4v) is 3.25. The molecule has 0 aromatic heterocycles. The van der Waals surface area contributed by atoms with E-state index in [2.05, 4.69) is 19.6 Å². The van der Waals surface area contributed by atoms with E-state index in [0.717, 1.165) is 5.56 Å². The molecule has 0 spiro atoms. The second-order valence-electron chi connectivity index (χ2n) is 4.77. The molecular formula is C12H18O2Si. The van der Waals surface area contributed by atoms with Gasteiger partial charge in [0.2, 0.25) is 0 Å². The Bertz CT molecular complexity index is 327. The average Bonchev–Trinajstić information content (AvgIpc) is 2.14. The molecule has 0 bridgehead atoms. The van der Waals surface area contributed by atoms with Crippen LogP contribution in [0.5, 0.6) is 0 Å². The number of carbonyl (C=O) groups excluding carboxylic acids is 1. The lowest BCUT2D eigenvalue weighted by atomic mass is 10.2. The molecule has 0 radical (unpaired) electrons. The Morgan fingerprint density at radius 2 is 1.73 bits per heavy atom. The highest BCUT2D eigenvalue weighted by Gasteiger charge is 2.30. The van der Waals surface area contributed by atoms with E-state index in [4.69, 9.17) is 4.74 Å². The van der Waals surface area contributed by atoms with Gasteiger partial charge in [-0.05, 0) is 5.56 Å². The molecule has 3 heteroatoms. The lowest BCUT2D eigenvalue weighted by molar-refractivity contribution is -0.143. The van der Waals surface area contributed by atoms with E-state index >= 15 is 0 Å². The van der Waals surface area contributed by atoms with Crippen LogP contribution in [-0.4, -0.2) is 14.0 Å². The molecule has 1 unspecified atom stereocenters. The highest BCUT2D eigenvalue weighted by atomic mass is 28.3. The standard InChI is InChI=1S/C12H18O2Si/c1-10(13)14-12(15(2,3)4)11-8-6-5-7-9-11/h5-9,12H,1-4H3. The minimum atomic E-state index is -1.53. The zero-order valence-electron chi connectivity index (χ0n) is 9.78. The van der Waals surface area contributed by atoms with Crippen molar-refractivity contribution in [3.8, 4) is 0 Å². The molecule has 0 saturated carbocycles. The van der Waals surface area contributed by atoms with E-state index < -0.39 is 8.07 Å². The number of benzene rings is 1. The van der Waals surface area contributed by atoms with Crippen LogP contribution < -0.4 is 0 Å². The van der Waals surface area contributed by atoms with Gasteiger partial charge in [-0.1, -0.05) is 50.0 Å². The van der Waals surface area contributed by atoms with Gasteiger partial charge in [0.25, 0.3) is 0 Å². The average molecular weight is 222 g/mol. The summed E-state index contributed by atoms with van der Waals surface area (Å²) in [5.41, 5.74) is 1.06. The maximum Gasteiger partial charge on any atom is 0.302 e. The van der Waals surface area contributed by atoms with Crippen molar-refractivity contribution in [2.45, 2.75) is 32.3 Å². The molecule has 0 fully saturated rings. The van der Waals surface area contributed by atoms with Gasteiger partial charge in [0.05, 0.1) is 8.07 Å². The monoisotopic (exact) mass is 222 g/mol. The summed E-state index contributed by atoms with van der Waals surface area (Å²) in [5, 5.41) is 0. The molecule has 0 aliphatic carbocycles. The summed E-state index contributed by atoms with van der Waals surface area (Å²) in [6.07, 6.45) is 0. The molecule has 82 valence electrons. The van der Waals surface area contributed by atoms with E-state index in [1.165, 1.54) is 6.92 Å². The molecule has 0 saturated heterocycles. The lowest BCUT2D eigenvalue weighted by Gasteiger charge is -2.28. The second kappa shape index (κ2) is 4.62. The van der Waals surface area contributed by atoms with E-state index in [1.54, 1.807) is 0 Å². The summed E-state index contributed by atoms with van der Waals surface area (Å²) in [7, 11) is -1.53. The summed E-state index contributed by atoms with van der Waals surface area (Å²) in [5.74, 6) is -0.203. The summed E-state index contributed by atoms with van der Waals surface area (Å²) < 4.78 is 5.42. The van der Waals surface area contributed by atoms with Gasteiger partial charge in [0.15, 0.2) is 0 Å². The minimum absolute atomic E-state index is 0.0452. The molecule has 0 N–H and O–H groups in total. The first-order chi connectivity index (χ1) is 6.91. The first-order valence-electron chi connectivity index (χ1n) is 5.13. The van der Waals surface area contributed by atoms with Crippen molar-refractivity contribution >= 4 is 14.0 Å². The molecule has 0 aliphatic heterocycles. The van der Waals surface area contributed by atoms with Gasteiger partial charge in [-0.2, -0.15) is 0 Å². The molecule has 0 heterocycles. The van der Waals surface area contributed by atoms with Gasteiger partial charge in [-0.15, -0.1) is 0 Å². The number of carbonyl (C=O) groups is 1. The van der Waals surface area contributed by atoms with Crippen molar-refractivity contribution in [1.29, 1.82) is 0 Å². The third kappa shape index (κ3) is 3.51. The van der Waals surface area contributed by atoms with Crippen molar-refractivity contribution in [2.24, 2.45) is 0 Å². The van der Waals surface area contributed by atoms with Crippen molar-refractivity contribution in [3.63, 3.8) is 0 Å². The van der Waals surface area contributed by atoms with Crippen molar-refractivity contribution in [1.82, 2.24) is 0 Å². The number of esters is 1. The van der Waals surface area contributed by atoms with E-state index in [0.29, 0.717) is 0 Å². The van der Waals surface area contributed by atoms with Crippen LogP contribution in [-0.2, 0) is 9.53 Å². The van der Waals surface area contributed by atoms with Crippen LogP contribution >= 0.6 is 0 Å². The van der Waals surface area contributed by atoms with Gasteiger partial charge >= 0.3 is 5.97 Å². The smallest absolute Gasteiger partial charge is 0.302 e.